The van der Waals surface area contributed by atoms with Crippen LogP contribution in [-0.4, -0.2) is 19.6 Å². The van der Waals surface area contributed by atoms with Crippen molar-refractivity contribution in [1.82, 2.24) is 19.6 Å². The summed E-state index contributed by atoms with van der Waals surface area (Å²) in [4.78, 5) is 27.6. The minimum Gasteiger partial charge on any atom is -0.295 e. The lowest BCUT2D eigenvalue weighted by Gasteiger charge is -2.15. The monoisotopic (exact) mass is 592 g/mol. The fourth-order valence-electron chi connectivity index (χ4n) is 4.47. The maximum Gasteiger partial charge on any atom is 0.275 e. The van der Waals surface area contributed by atoms with Crippen LogP contribution in [0.1, 0.15) is 34.0 Å². The first kappa shape index (κ1) is 23.4. The molecule has 2 heterocycles. The molecule has 0 fully saturated rings. The lowest BCUT2D eigenvalue weighted by molar-refractivity contribution is 0.830. The van der Waals surface area contributed by atoms with Crippen molar-refractivity contribution < 1.29 is 0 Å². The Morgan fingerprint density at radius 3 is 1.43 bits per heavy atom. The summed E-state index contributed by atoms with van der Waals surface area (Å²) in [5.41, 5.74) is 4.45. The van der Waals surface area contributed by atoms with Crippen molar-refractivity contribution in [2.24, 2.45) is 0 Å². The van der Waals surface area contributed by atoms with Gasteiger partial charge in [0.1, 0.15) is 0 Å². The number of aromatic amines is 2. The molecule has 0 saturated carbocycles. The average molecular weight is 594 g/mol. The summed E-state index contributed by atoms with van der Waals surface area (Å²) in [7, 11) is 0. The Balaban J connectivity index is 1.74. The zero-order chi connectivity index (χ0) is 24.7. The molecule has 2 N–H and O–H groups in total. The Morgan fingerprint density at radius 1 is 0.629 bits per heavy atom. The fourth-order valence-corrected chi connectivity index (χ4v) is 4.99. The molecule has 2 aromatic heterocycles. The average Bonchev–Trinajstić information content (AvgIpc) is 3.31. The molecule has 0 aliphatic heterocycles. The van der Waals surface area contributed by atoms with Gasteiger partial charge in [-0.15, -0.1) is 0 Å². The normalized spacial score (nSPS) is 11.3. The number of hydrogen-bond donors (Lipinski definition) is 2. The van der Waals surface area contributed by atoms with E-state index >= 15 is 0 Å². The standard InChI is InChI=1S/C27H22Br2N4O2/c1-16-23(26(34)32(30-16)21-12-8-19(28)9-13-21)25(18-6-4-3-5-7-18)24-17(2)31-33(27(24)35)22-14-10-20(29)11-15-22/h3-15,25,30-31H,1-2H3. The van der Waals surface area contributed by atoms with Crippen molar-refractivity contribution in [3.05, 3.63) is 137 Å². The first-order valence-electron chi connectivity index (χ1n) is 11.0. The van der Waals surface area contributed by atoms with Gasteiger partial charge in [0, 0.05) is 26.3 Å². The van der Waals surface area contributed by atoms with Crippen LogP contribution >= 0.6 is 31.9 Å². The predicted octanol–water partition coefficient (Wildman–Crippen LogP) is 5.97. The van der Waals surface area contributed by atoms with Crippen LogP contribution in [0.15, 0.2) is 97.4 Å². The van der Waals surface area contributed by atoms with Crippen LogP contribution in [0.5, 0.6) is 0 Å². The highest BCUT2D eigenvalue weighted by Crippen LogP contribution is 2.32. The van der Waals surface area contributed by atoms with Gasteiger partial charge in [-0.2, -0.15) is 0 Å². The SMILES string of the molecule is Cc1[nH]n(-c2ccc(Br)cc2)c(=O)c1C(c1ccccc1)c1c(C)[nH]n(-c2ccc(Br)cc2)c1=O. The van der Waals surface area contributed by atoms with Gasteiger partial charge in [0.15, 0.2) is 0 Å². The molecule has 0 aliphatic carbocycles. The van der Waals surface area contributed by atoms with Crippen molar-refractivity contribution in [1.29, 1.82) is 0 Å². The van der Waals surface area contributed by atoms with Crippen LogP contribution in [-0.2, 0) is 0 Å². The van der Waals surface area contributed by atoms with Crippen molar-refractivity contribution >= 4 is 31.9 Å². The van der Waals surface area contributed by atoms with E-state index in [4.69, 9.17) is 0 Å². The number of H-pyrrole nitrogens is 2. The third-order valence-electron chi connectivity index (χ3n) is 6.11. The van der Waals surface area contributed by atoms with Crippen LogP contribution in [0.25, 0.3) is 11.4 Å². The quantitative estimate of drug-likeness (QED) is 0.263. The Labute approximate surface area is 218 Å². The summed E-state index contributed by atoms with van der Waals surface area (Å²) in [6.45, 7) is 3.74. The maximum absolute atomic E-state index is 13.8. The minimum atomic E-state index is -0.544. The highest BCUT2D eigenvalue weighted by atomic mass is 79.9. The molecule has 5 aromatic rings. The third kappa shape index (κ3) is 4.28. The first-order valence-corrected chi connectivity index (χ1v) is 12.6. The van der Waals surface area contributed by atoms with Gasteiger partial charge >= 0.3 is 0 Å². The molecule has 0 saturated heterocycles. The zero-order valence-electron chi connectivity index (χ0n) is 19.0. The van der Waals surface area contributed by atoms with E-state index in [1.807, 2.05) is 92.7 Å². The second-order valence-electron chi connectivity index (χ2n) is 8.38. The summed E-state index contributed by atoms with van der Waals surface area (Å²) in [6, 6.07) is 24.7. The van der Waals surface area contributed by atoms with E-state index in [1.54, 1.807) is 0 Å². The third-order valence-corrected chi connectivity index (χ3v) is 7.17. The van der Waals surface area contributed by atoms with Crippen molar-refractivity contribution in [2.75, 3.05) is 0 Å². The Kier molecular flexibility index (Phi) is 6.25. The highest BCUT2D eigenvalue weighted by molar-refractivity contribution is 9.10. The van der Waals surface area contributed by atoms with Gasteiger partial charge in [-0.05, 0) is 67.9 Å². The molecule has 0 atom stereocenters. The van der Waals surface area contributed by atoms with Crippen LogP contribution in [0, 0.1) is 13.8 Å². The molecule has 5 rings (SSSR count). The summed E-state index contributed by atoms with van der Waals surface area (Å²) < 4.78 is 4.91. The summed E-state index contributed by atoms with van der Waals surface area (Å²) in [6.07, 6.45) is 0. The van der Waals surface area contributed by atoms with E-state index in [0.717, 1.165) is 25.9 Å². The summed E-state index contributed by atoms with van der Waals surface area (Å²) >= 11 is 6.88. The topological polar surface area (TPSA) is 75.6 Å². The lowest BCUT2D eigenvalue weighted by Crippen LogP contribution is -2.25. The largest absolute Gasteiger partial charge is 0.295 e. The number of nitrogens with zero attached hydrogens (tertiary/aromatic N) is 2. The van der Waals surface area contributed by atoms with Crippen molar-refractivity contribution in [3.8, 4) is 11.4 Å². The van der Waals surface area contributed by atoms with Gasteiger partial charge in [-0.25, -0.2) is 9.36 Å². The molecule has 176 valence electrons. The number of halogens is 2. The molecule has 3 aromatic carbocycles. The van der Waals surface area contributed by atoms with Crippen molar-refractivity contribution in [2.45, 2.75) is 19.8 Å². The van der Waals surface area contributed by atoms with Gasteiger partial charge in [-0.3, -0.25) is 19.8 Å². The molecule has 8 heteroatoms. The zero-order valence-corrected chi connectivity index (χ0v) is 22.2. The molecular weight excluding hydrogens is 572 g/mol. The van der Waals surface area contributed by atoms with E-state index in [9.17, 15) is 9.59 Å². The van der Waals surface area contributed by atoms with Gasteiger partial charge in [-0.1, -0.05) is 62.2 Å². The van der Waals surface area contributed by atoms with Gasteiger partial charge in [0.25, 0.3) is 11.1 Å². The van der Waals surface area contributed by atoms with E-state index < -0.39 is 5.92 Å². The van der Waals surface area contributed by atoms with E-state index in [2.05, 4.69) is 42.1 Å². The number of aryl methyl sites for hydroxylation is 2. The molecule has 0 radical (unpaired) electrons. The molecule has 0 aliphatic rings. The van der Waals surface area contributed by atoms with E-state index in [-0.39, 0.29) is 11.1 Å². The van der Waals surface area contributed by atoms with Crippen LogP contribution in [0.4, 0.5) is 0 Å². The number of nitrogens with one attached hydrogen (secondary N) is 2. The van der Waals surface area contributed by atoms with Crippen LogP contribution in [0.2, 0.25) is 0 Å². The van der Waals surface area contributed by atoms with Gasteiger partial charge < -0.3 is 0 Å². The first-order chi connectivity index (χ1) is 16.8. The summed E-state index contributed by atoms with van der Waals surface area (Å²) in [5.74, 6) is -0.544. The Hall–Kier alpha value is -3.36. The molecule has 0 bridgehead atoms. The number of aromatic nitrogens is 4. The molecule has 6 nitrogen and oxygen atoms in total. The smallest absolute Gasteiger partial charge is 0.275 e. The molecule has 0 amide bonds. The Bertz CT molecular complexity index is 1510. The molecule has 35 heavy (non-hydrogen) atoms. The van der Waals surface area contributed by atoms with Crippen molar-refractivity contribution in [3.63, 3.8) is 0 Å². The fraction of sp³-hybridized carbons (Fsp3) is 0.111. The number of rotatable bonds is 5. The molecule has 0 spiro atoms. The van der Waals surface area contributed by atoms with Gasteiger partial charge in [0.05, 0.1) is 22.5 Å². The summed E-state index contributed by atoms with van der Waals surface area (Å²) in [5, 5.41) is 6.43. The van der Waals surface area contributed by atoms with Gasteiger partial charge in [0.2, 0.25) is 0 Å². The Morgan fingerprint density at radius 2 is 1.03 bits per heavy atom. The minimum absolute atomic E-state index is 0.186. The number of hydrogen-bond acceptors (Lipinski definition) is 2. The predicted molar refractivity (Wildman–Crippen MR) is 145 cm³/mol. The second-order valence-corrected chi connectivity index (χ2v) is 10.2. The molecule has 0 unspecified atom stereocenters. The second kappa shape index (κ2) is 9.36. The van der Waals surface area contributed by atoms with Crippen LogP contribution < -0.4 is 11.1 Å². The maximum atomic E-state index is 13.8. The van der Waals surface area contributed by atoms with E-state index in [0.29, 0.717) is 22.5 Å². The lowest BCUT2D eigenvalue weighted by atomic mass is 9.85. The number of benzene rings is 3. The van der Waals surface area contributed by atoms with E-state index in [1.165, 1.54) is 9.36 Å². The van der Waals surface area contributed by atoms with Crippen LogP contribution in [0.3, 0.4) is 0 Å². The molecular formula is C27H22Br2N4O2. The highest BCUT2D eigenvalue weighted by Gasteiger charge is 2.30.